The van der Waals surface area contributed by atoms with Gasteiger partial charge in [-0.05, 0) is 20.3 Å². The quantitative estimate of drug-likeness (QED) is 0.623. The molecule has 1 rings (SSSR count). The fourth-order valence-corrected chi connectivity index (χ4v) is 3.29. The molecule has 3 nitrogen and oxygen atoms in total. The van der Waals surface area contributed by atoms with Crippen LogP contribution in [0.5, 0.6) is 0 Å². The Labute approximate surface area is 126 Å². The monoisotopic (exact) mass is 284 g/mol. The van der Waals surface area contributed by atoms with Crippen LogP contribution in [0.1, 0.15) is 72.1 Å². The maximum atomic E-state index is 6.02. The van der Waals surface area contributed by atoms with E-state index in [0.717, 1.165) is 26.3 Å². The molecule has 2 N–H and O–H groups in total. The normalized spacial score (nSPS) is 21.0. The van der Waals surface area contributed by atoms with Crippen molar-refractivity contribution in [3.8, 4) is 0 Å². The number of rotatable bonds is 10. The molecule has 0 radical (unpaired) electrons. The molecule has 0 bridgehead atoms. The van der Waals surface area contributed by atoms with Crippen molar-refractivity contribution in [2.24, 2.45) is 5.73 Å². The Balaban J connectivity index is 2.21. The average Bonchev–Trinajstić information content (AvgIpc) is 2.42. The molecule has 0 aromatic carbocycles. The van der Waals surface area contributed by atoms with Gasteiger partial charge in [-0.1, -0.05) is 51.9 Å². The Kier molecular flexibility index (Phi) is 8.74. The summed E-state index contributed by atoms with van der Waals surface area (Å²) < 4.78 is 5.61. The van der Waals surface area contributed by atoms with Gasteiger partial charge in [-0.15, -0.1) is 0 Å². The lowest BCUT2D eigenvalue weighted by Crippen LogP contribution is -2.58. The Bertz CT molecular complexity index is 243. The molecular formula is C17H36N2O. The third-order valence-corrected chi connectivity index (χ3v) is 4.56. The van der Waals surface area contributed by atoms with Crippen molar-refractivity contribution >= 4 is 0 Å². The summed E-state index contributed by atoms with van der Waals surface area (Å²) in [6.07, 6.45) is 10.9. The van der Waals surface area contributed by atoms with Gasteiger partial charge >= 0.3 is 0 Å². The molecule has 0 aliphatic carbocycles. The molecule has 0 aromatic rings. The SMILES string of the molecule is CCCCCCCCCC(CN)N1CCOCC1(C)C. The first kappa shape index (κ1) is 17.9. The Hall–Kier alpha value is -0.120. The van der Waals surface area contributed by atoms with Crippen LogP contribution in [0.2, 0.25) is 0 Å². The molecule has 1 fully saturated rings. The maximum Gasteiger partial charge on any atom is 0.0645 e. The average molecular weight is 284 g/mol. The lowest BCUT2D eigenvalue weighted by Gasteiger charge is -2.46. The van der Waals surface area contributed by atoms with E-state index in [2.05, 4.69) is 25.7 Å². The predicted octanol–water partition coefficient (Wildman–Crippen LogP) is 3.57. The number of ether oxygens (including phenoxy) is 1. The van der Waals surface area contributed by atoms with Crippen LogP contribution >= 0.6 is 0 Å². The summed E-state index contributed by atoms with van der Waals surface area (Å²) in [6, 6.07) is 0.532. The lowest BCUT2D eigenvalue weighted by molar-refractivity contribution is -0.0719. The topological polar surface area (TPSA) is 38.5 Å². The summed E-state index contributed by atoms with van der Waals surface area (Å²) in [4.78, 5) is 2.58. The molecule has 1 heterocycles. The molecule has 0 saturated carbocycles. The fourth-order valence-electron chi connectivity index (χ4n) is 3.29. The molecule has 0 spiro atoms. The van der Waals surface area contributed by atoms with E-state index in [4.69, 9.17) is 10.5 Å². The van der Waals surface area contributed by atoms with Gasteiger partial charge in [0.2, 0.25) is 0 Å². The van der Waals surface area contributed by atoms with Crippen LogP contribution in [0, 0.1) is 0 Å². The molecule has 120 valence electrons. The van der Waals surface area contributed by atoms with Gasteiger partial charge in [-0.2, -0.15) is 0 Å². The van der Waals surface area contributed by atoms with E-state index in [1.807, 2.05) is 0 Å². The van der Waals surface area contributed by atoms with E-state index in [-0.39, 0.29) is 5.54 Å². The molecule has 1 saturated heterocycles. The van der Waals surface area contributed by atoms with Gasteiger partial charge in [-0.3, -0.25) is 4.90 Å². The summed E-state index contributed by atoms with van der Waals surface area (Å²) in [5.41, 5.74) is 6.16. The van der Waals surface area contributed by atoms with Crippen molar-refractivity contribution in [1.29, 1.82) is 0 Å². The summed E-state index contributed by atoms with van der Waals surface area (Å²) in [5, 5.41) is 0. The van der Waals surface area contributed by atoms with Crippen molar-refractivity contribution in [3.63, 3.8) is 0 Å². The van der Waals surface area contributed by atoms with Gasteiger partial charge in [0.05, 0.1) is 13.2 Å². The first-order valence-corrected chi connectivity index (χ1v) is 8.66. The lowest BCUT2D eigenvalue weighted by atomic mass is 9.96. The van der Waals surface area contributed by atoms with Crippen LogP contribution in [0.25, 0.3) is 0 Å². The Morgan fingerprint density at radius 1 is 1.10 bits per heavy atom. The molecule has 0 aromatic heterocycles. The zero-order valence-electron chi connectivity index (χ0n) is 14.0. The van der Waals surface area contributed by atoms with Gasteiger partial charge in [0.15, 0.2) is 0 Å². The number of nitrogens with zero attached hydrogens (tertiary/aromatic N) is 1. The molecule has 1 unspecified atom stereocenters. The summed E-state index contributed by atoms with van der Waals surface area (Å²) in [6.45, 7) is 10.3. The maximum absolute atomic E-state index is 6.02. The van der Waals surface area contributed by atoms with Gasteiger partial charge in [0.25, 0.3) is 0 Å². The van der Waals surface area contributed by atoms with Crippen molar-refractivity contribution < 1.29 is 4.74 Å². The Morgan fingerprint density at radius 2 is 1.75 bits per heavy atom. The number of unbranched alkanes of at least 4 members (excludes halogenated alkanes) is 6. The second-order valence-electron chi connectivity index (χ2n) is 6.86. The van der Waals surface area contributed by atoms with E-state index < -0.39 is 0 Å². The number of morpholine rings is 1. The van der Waals surface area contributed by atoms with Gasteiger partial charge in [-0.25, -0.2) is 0 Å². The van der Waals surface area contributed by atoms with Crippen LogP contribution in [0.3, 0.4) is 0 Å². The minimum atomic E-state index is 0.142. The van der Waals surface area contributed by atoms with E-state index >= 15 is 0 Å². The molecule has 0 amide bonds. The largest absolute Gasteiger partial charge is 0.378 e. The van der Waals surface area contributed by atoms with Crippen molar-refractivity contribution in [2.75, 3.05) is 26.3 Å². The van der Waals surface area contributed by atoms with Crippen LogP contribution in [0.15, 0.2) is 0 Å². The van der Waals surface area contributed by atoms with E-state index in [1.54, 1.807) is 0 Å². The van der Waals surface area contributed by atoms with Crippen LogP contribution in [0.4, 0.5) is 0 Å². The van der Waals surface area contributed by atoms with Crippen molar-refractivity contribution in [2.45, 2.75) is 83.7 Å². The number of hydrogen-bond donors (Lipinski definition) is 1. The second kappa shape index (κ2) is 9.75. The highest BCUT2D eigenvalue weighted by Gasteiger charge is 2.34. The van der Waals surface area contributed by atoms with Gasteiger partial charge < -0.3 is 10.5 Å². The van der Waals surface area contributed by atoms with E-state index in [1.165, 1.54) is 51.4 Å². The zero-order valence-corrected chi connectivity index (χ0v) is 14.0. The Morgan fingerprint density at radius 3 is 2.35 bits per heavy atom. The highest BCUT2D eigenvalue weighted by molar-refractivity contribution is 4.89. The van der Waals surface area contributed by atoms with Crippen LogP contribution in [-0.2, 0) is 4.74 Å². The molecule has 1 atom stereocenters. The van der Waals surface area contributed by atoms with Crippen LogP contribution in [-0.4, -0.2) is 42.8 Å². The highest BCUT2D eigenvalue weighted by Crippen LogP contribution is 2.24. The second-order valence-corrected chi connectivity index (χ2v) is 6.86. The smallest absolute Gasteiger partial charge is 0.0645 e. The third kappa shape index (κ3) is 6.11. The number of hydrogen-bond acceptors (Lipinski definition) is 3. The fraction of sp³-hybridized carbons (Fsp3) is 1.00. The van der Waals surface area contributed by atoms with Gasteiger partial charge in [0, 0.05) is 24.7 Å². The van der Waals surface area contributed by atoms with E-state index in [9.17, 15) is 0 Å². The minimum Gasteiger partial charge on any atom is -0.378 e. The molecule has 3 heteroatoms. The van der Waals surface area contributed by atoms with Crippen LogP contribution < -0.4 is 5.73 Å². The zero-order chi connectivity index (χ0) is 14.8. The van der Waals surface area contributed by atoms with Crippen molar-refractivity contribution in [1.82, 2.24) is 4.90 Å². The number of nitrogens with two attached hydrogens (primary N) is 1. The molecule has 1 aliphatic rings. The van der Waals surface area contributed by atoms with Crippen molar-refractivity contribution in [3.05, 3.63) is 0 Å². The summed E-state index contributed by atoms with van der Waals surface area (Å²) in [7, 11) is 0. The first-order chi connectivity index (χ1) is 9.61. The third-order valence-electron chi connectivity index (χ3n) is 4.56. The standard InChI is InChI=1S/C17H36N2O/c1-4-5-6-7-8-9-10-11-16(14-18)19-12-13-20-15-17(19,2)3/h16H,4-15,18H2,1-3H3. The minimum absolute atomic E-state index is 0.142. The van der Waals surface area contributed by atoms with Gasteiger partial charge in [0.1, 0.15) is 0 Å². The first-order valence-electron chi connectivity index (χ1n) is 8.66. The summed E-state index contributed by atoms with van der Waals surface area (Å²) >= 11 is 0. The highest BCUT2D eigenvalue weighted by atomic mass is 16.5. The molecule has 20 heavy (non-hydrogen) atoms. The summed E-state index contributed by atoms with van der Waals surface area (Å²) in [5.74, 6) is 0. The predicted molar refractivity (Wildman–Crippen MR) is 87.1 cm³/mol. The molecule has 1 aliphatic heterocycles. The van der Waals surface area contributed by atoms with E-state index in [0.29, 0.717) is 6.04 Å². The molecular weight excluding hydrogens is 248 g/mol.